The highest BCUT2D eigenvalue weighted by molar-refractivity contribution is 6.28. The zero-order chi connectivity index (χ0) is 14.7. The van der Waals surface area contributed by atoms with Gasteiger partial charge in [0, 0.05) is 12.6 Å². The Kier molecular flexibility index (Phi) is 4.66. The van der Waals surface area contributed by atoms with Crippen LogP contribution in [0.5, 0.6) is 0 Å². The van der Waals surface area contributed by atoms with Gasteiger partial charge in [0.1, 0.15) is 5.76 Å². The molecule has 0 spiro atoms. The van der Waals surface area contributed by atoms with E-state index < -0.39 is 0 Å². The van der Waals surface area contributed by atoms with Crippen LogP contribution >= 0.6 is 11.6 Å². The second-order valence-corrected chi connectivity index (χ2v) is 6.14. The first kappa shape index (κ1) is 14.7. The minimum atomic E-state index is 0.104. The van der Waals surface area contributed by atoms with Crippen molar-refractivity contribution >= 4 is 11.6 Å². The molecule has 1 saturated carbocycles. The fourth-order valence-electron chi connectivity index (χ4n) is 3.10. The molecule has 1 aliphatic carbocycles. The van der Waals surface area contributed by atoms with Gasteiger partial charge in [0.05, 0.1) is 17.8 Å². The van der Waals surface area contributed by atoms with Gasteiger partial charge in [-0.05, 0) is 49.7 Å². The Morgan fingerprint density at radius 2 is 2.14 bits per heavy atom. The third-order valence-corrected chi connectivity index (χ3v) is 4.51. The molecule has 0 bridgehead atoms. The molecule has 0 aliphatic heterocycles. The summed E-state index contributed by atoms with van der Waals surface area (Å²) in [6.07, 6.45) is 9.45. The number of hydrogen-bond donors (Lipinski definition) is 1. The van der Waals surface area contributed by atoms with Crippen molar-refractivity contribution in [3.8, 4) is 0 Å². The maximum atomic E-state index is 5.86. The van der Waals surface area contributed by atoms with Crippen LogP contribution < -0.4 is 5.32 Å². The van der Waals surface area contributed by atoms with Gasteiger partial charge in [-0.3, -0.25) is 4.68 Å². The number of rotatable bonds is 5. The van der Waals surface area contributed by atoms with Crippen LogP contribution in [0.15, 0.2) is 28.8 Å². The monoisotopic (exact) mass is 307 g/mol. The standard InChI is InChI=1S/C16H22ClN3O/c1-18-14(15-7-8-16(17)21-15)11-12-9-10-20(19-12)13-5-3-2-4-6-13/h7-10,13-14,18H,2-6,11H2,1H3. The van der Waals surface area contributed by atoms with E-state index >= 15 is 0 Å². The largest absolute Gasteiger partial charge is 0.448 e. The molecule has 2 aromatic heterocycles. The van der Waals surface area contributed by atoms with Crippen LogP contribution in [0, 0.1) is 0 Å². The maximum absolute atomic E-state index is 5.86. The summed E-state index contributed by atoms with van der Waals surface area (Å²) in [5.74, 6) is 0.856. The van der Waals surface area contributed by atoms with E-state index in [4.69, 9.17) is 21.1 Å². The Morgan fingerprint density at radius 3 is 2.81 bits per heavy atom. The predicted molar refractivity (Wildman–Crippen MR) is 83.6 cm³/mol. The van der Waals surface area contributed by atoms with Gasteiger partial charge in [0.25, 0.3) is 0 Å². The Bertz CT molecular complexity index is 572. The van der Waals surface area contributed by atoms with Crippen molar-refractivity contribution in [2.75, 3.05) is 7.05 Å². The van der Waals surface area contributed by atoms with Gasteiger partial charge in [-0.25, -0.2) is 0 Å². The summed E-state index contributed by atoms with van der Waals surface area (Å²) in [5, 5.41) is 8.45. The number of nitrogens with zero attached hydrogens (tertiary/aromatic N) is 2. The molecule has 21 heavy (non-hydrogen) atoms. The quantitative estimate of drug-likeness (QED) is 0.903. The zero-order valence-electron chi connectivity index (χ0n) is 12.4. The van der Waals surface area contributed by atoms with E-state index in [1.807, 2.05) is 13.1 Å². The molecule has 4 nitrogen and oxygen atoms in total. The molecular formula is C16H22ClN3O. The van der Waals surface area contributed by atoms with Gasteiger partial charge in [-0.15, -0.1) is 0 Å². The lowest BCUT2D eigenvalue weighted by Gasteiger charge is -2.21. The second-order valence-electron chi connectivity index (χ2n) is 5.77. The molecule has 0 radical (unpaired) electrons. The first-order chi connectivity index (χ1) is 10.3. The average molecular weight is 308 g/mol. The molecule has 5 heteroatoms. The van der Waals surface area contributed by atoms with Crippen LogP contribution in [0.4, 0.5) is 0 Å². The van der Waals surface area contributed by atoms with E-state index in [-0.39, 0.29) is 6.04 Å². The van der Waals surface area contributed by atoms with Crippen LogP contribution in [-0.4, -0.2) is 16.8 Å². The molecule has 2 heterocycles. The first-order valence-electron chi connectivity index (χ1n) is 7.73. The number of hydrogen-bond acceptors (Lipinski definition) is 3. The third-order valence-electron chi connectivity index (χ3n) is 4.31. The third kappa shape index (κ3) is 3.50. The topological polar surface area (TPSA) is 43.0 Å². The Hall–Kier alpha value is -1.26. The van der Waals surface area contributed by atoms with Gasteiger partial charge in [0.15, 0.2) is 5.22 Å². The lowest BCUT2D eigenvalue weighted by Crippen LogP contribution is -2.19. The van der Waals surface area contributed by atoms with Crippen LogP contribution in [0.2, 0.25) is 5.22 Å². The Morgan fingerprint density at radius 1 is 1.33 bits per heavy atom. The fourth-order valence-corrected chi connectivity index (χ4v) is 3.26. The van der Waals surface area contributed by atoms with E-state index in [0.717, 1.165) is 17.9 Å². The predicted octanol–water partition coefficient (Wildman–Crippen LogP) is 4.14. The fraction of sp³-hybridized carbons (Fsp3) is 0.562. The molecule has 1 unspecified atom stereocenters. The molecule has 2 aromatic rings. The number of nitrogens with one attached hydrogen (secondary N) is 1. The maximum Gasteiger partial charge on any atom is 0.193 e. The number of likely N-dealkylation sites (N-methyl/N-ethyl adjacent to an activating group) is 1. The molecule has 0 amide bonds. The highest BCUT2D eigenvalue weighted by Gasteiger charge is 2.19. The van der Waals surface area contributed by atoms with Crippen molar-refractivity contribution in [1.82, 2.24) is 15.1 Å². The molecule has 114 valence electrons. The summed E-state index contributed by atoms with van der Waals surface area (Å²) >= 11 is 5.86. The molecule has 1 N–H and O–H groups in total. The zero-order valence-corrected chi connectivity index (χ0v) is 13.1. The van der Waals surface area contributed by atoms with Crippen molar-refractivity contribution in [3.63, 3.8) is 0 Å². The van der Waals surface area contributed by atoms with E-state index in [2.05, 4.69) is 22.3 Å². The van der Waals surface area contributed by atoms with Crippen LogP contribution in [0.25, 0.3) is 0 Å². The average Bonchev–Trinajstić information content (AvgIpc) is 3.15. The Labute approximate surface area is 130 Å². The minimum absolute atomic E-state index is 0.104. The lowest BCUT2D eigenvalue weighted by atomic mass is 9.96. The summed E-state index contributed by atoms with van der Waals surface area (Å²) in [7, 11) is 1.93. The van der Waals surface area contributed by atoms with Crippen molar-refractivity contribution in [3.05, 3.63) is 41.1 Å². The van der Waals surface area contributed by atoms with Gasteiger partial charge >= 0.3 is 0 Å². The van der Waals surface area contributed by atoms with Gasteiger partial charge in [-0.2, -0.15) is 5.10 Å². The summed E-state index contributed by atoms with van der Waals surface area (Å²) in [4.78, 5) is 0. The van der Waals surface area contributed by atoms with Gasteiger partial charge in [-0.1, -0.05) is 19.3 Å². The van der Waals surface area contributed by atoms with Gasteiger partial charge in [0.2, 0.25) is 0 Å². The second kappa shape index (κ2) is 6.67. The molecule has 1 aliphatic rings. The number of furan rings is 1. The Balaban J connectivity index is 1.68. The number of halogens is 1. The smallest absolute Gasteiger partial charge is 0.193 e. The molecule has 1 fully saturated rings. The number of aromatic nitrogens is 2. The summed E-state index contributed by atoms with van der Waals surface area (Å²) in [5.41, 5.74) is 1.09. The first-order valence-corrected chi connectivity index (χ1v) is 8.10. The van der Waals surface area contributed by atoms with E-state index in [1.165, 1.54) is 32.1 Å². The van der Waals surface area contributed by atoms with E-state index in [1.54, 1.807) is 6.07 Å². The minimum Gasteiger partial charge on any atom is -0.448 e. The van der Waals surface area contributed by atoms with Crippen LogP contribution in [-0.2, 0) is 6.42 Å². The van der Waals surface area contributed by atoms with Crippen molar-refractivity contribution in [1.29, 1.82) is 0 Å². The van der Waals surface area contributed by atoms with Crippen LogP contribution in [0.1, 0.15) is 55.6 Å². The van der Waals surface area contributed by atoms with Crippen molar-refractivity contribution < 1.29 is 4.42 Å². The normalized spacial score (nSPS) is 18.0. The summed E-state index contributed by atoms with van der Waals surface area (Å²) in [6, 6.07) is 6.50. The highest BCUT2D eigenvalue weighted by atomic mass is 35.5. The molecule has 3 rings (SSSR count). The van der Waals surface area contributed by atoms with Crippen molar-refractivity contribution in [2.24, 2.45) is 0 Å². The lowest BCUT2D eigenvalue weighted by molar-refractivity contribution is 0.327. The van der Waals surface area contributed by atoms with Crippen LogP contribution in [0.3, 0.4) is 0 Å². The molecule has 0 saturated heterocycles. The summed E-state index contributed by atoms with van der Waals surface area (Å²) in [6.45, 7) is 0. The highest BCUT2D eigenvalue weighted by Crippen LogP contribution is 2.28. The van der Waals surface area contributed by atoms with Crippen molar-refractivity contribution in [2.45, 2.75) is 50.6 Å². The molecular weight excluding hydrogens is 286 g/mol. The molecule has 0 aromatic carbocycles. The van der Waals surface area contributed by atoms with Gasteiger partial charge < -0.3 is 9.73 Å². The summed E-state index contributed by atoms with van der Waals surface area (Å²) < 4.78 is 7.65. The molecule has 1 atom stereocenters. The van der Waals surface area contributed by atoms with E-state index in [9.17, 15) is 0 Å². The SMILES string of the molecule is CNC(Cc1ccn(C2CCCCC2)n1)c1ccc(Cl)o1. The van der Waals surface area contributed by atoms with E-state index in [0.29, 0.717) is 11.3 Å².